The maximum Gasteiger partial charge on any atom is 0.104 e. The second kappa shape index (κ2) is 3.91. The molecule has 16 heavy (non-hydrogen) atoms. The van der Waals surface area contributed by atoms with Crippen molar-refractivity contribution in [2.75, 3.05) is 13.1 Å². The standard InChI is InChI=1S/C13H17N3/c1-9-15-12-4-2-3-11(13(12)16-9)10-5-7-14-8-6-10/h2-4,10,14H,5-8H2,1H3,(H,15,16). The predicted molar refractivity (Wildman–Crippen MR) is 65.7 cm³/mol. The van der Waals surface area contributed by atoms with Crippen LogP contribution in [0, 0.1) is 6.92 Å². The molecule has 1 aromatic carbocycles. The Morgan fingerprint density at radius 3 is 2.88 bits per heavy atom. The Kier molecular flexibility index (Phi) is 2.40. The Morgan fingerprint density at radius 1 is 1.25 bits per heavy atom. The summed E-state index contributed by atoms with van der Waals surface area (Å²) in [6, 6.07) is 6.48. The smallest absolute Gasteiger partial charge is 0.104 e. The Labute approximate surface area is 95.3 Å². The number of aromatic amines is 1. The lowest BCUT2D eigenvalue weighted by atomic mass is 9.89. The van der Waals surface area contributed by atoms with Crippen molar-refractivity contribution in [3.8, 4) is 0 Å². The number of H-pyrrole nitrogens is 1. The average molecular weight is 215 g/mol. The van der Waals surface area contributed by atoms with Gasteiger partial charge in [-0.2, -0.15) is 0 Å². The number of hydrogen-bond acceptors (Lipinski definition) is 2. The molecule has 0 atom stereocenters. The molecule has 1 aliphatic rings. The molecule has 0 saturated carbocycles. The first-order valence-corrected chi connectivity index (χ1v) is 6.00. The van der Waals surface area contributed by atoms with E-state index in [-0.39, 0.29) is 0 Å². The monoisotopic (exact) mass is 215 g/mol. The van der Waals surface area contributed by atoms with E-state index in [0.29, 0.717) is 5.92 Å². The number of nitrogens with one attached hydrogen (secondary N) is 2. The SMILES string of the molecule is Cc1nc2c(C3CCNCC3)cccc2[nH]1. The van der Waals surface area contributed by atoms with Crippen LogP contribution in [0.1, 0.15) is 30.1 Å². The van der Waals surface area contributed by atoms with Gasteiger partial charge >= 0.3 is 0 Å². The van der Waals surface area contributed by atoms with E-state index >= 15 is 0 Å². The van der Waals surface area contributed by atoms with Gasteiger partial charge in [0.1, 0.15) is 5.82 Å². The lowest BCUT2D eigenvalue weighted by Crippen LogP contribution is -2.26. The minimum atomic E-state index is 0.674. The molecule has 2 aromatic rings. The van der Waals surface area contributed by atoms with Crippen molar-refractivity contribution in [1.82, 2.24) is 15.3 Å². The molecule has 2 N–H and O–H groups in total. The van der Waals surface area contributed by atoms with E-state index in [2.05, 4.69) is 33.5 Å². The summed E-state index contributed by atoms with van der Waals surface area (Å²) in [6.45, 7) is 4.28. The molecule has 1 saturated heterocycles. The molecule has 1 aliphatic heterocycles. The molecule has 0 aliphatic carbocycles. The summed E-state index contributed by atoms with van der Waals surface area (Å²) in [5.41, 5.74) is 3.77. The van der Waals surface area contributed by atoms with Crippen LogP contribution >= 0.6 is 0 Å². The summed E-state index contributed by atoms with van der Waals surface area (Å²) in [6.07, 6.45) is 2.45. The van der Waals surface area contributed by atoms with Crippen molar-refractivity contribution in [3.63, 3.8) is 0 Å². The number of rotatable bonds is 1. The summed E-state index contributed by atoms with van der Waals surface area (Å²) in [5, 5.41) is 3.41. The molecule has 0 amide bonds. The molecule has 0 spiro atoms. The lowest BCUT2D eigenvalue weighted by Gasteiger charge is -2.23. The first-order valence-electron chi connectivity index (χ1n) is 6.00. The van der Waals surface area contributed by atoms with Crippen LogP contribution < -0.4 is 5.32 Å². The molecular weight excluding hydrogens is 198 g/mol. The van der Waals surface area contributed by atoms with Crippen molar-refractivity contribution in [1.29, 1.82) is 0 Å². The van der Waals surface area contributed by atoms with Crippen molar-refractivity contribution < 1.29 is 0 Å². The number of imidazole rings is 1. The van der Waals surface area contributed by atoms with Gasteiger partial charge < -0.3 is 10.3 Å². The minimum absolute atomic E-state index is 0.674. The zero-order valence-electron chi connectivity index (χ0n) is 9.59. The highest BCUT2D eigenvalue weighted by Crippen LogP contribution is 2.30. The topological polar surface area (TPSA) is 40.7 Å². The Balaban J connectivity index is 2.07. The molecule has 0 radical (unpaired) electrons. The van der Waals surface area contributed by atoms with Crippen molar-refractivity contribution in [2.24, 2.45) is 0 Å². The van der Waals surface area contributed by atoms with Crippen LogP contribution in [0.2, 0.25) is 0 Å². The zero-order chi connectivity index (χ0) is 11.0. The molecule has 0 bridgehead atoms. The van der Waals surface area contributed by atoms with Crippen LogP contribution in [0.5, 0.6) is 0 Å². The van der Waals surface area contributed by atoms with Gasteiger partial charge in [0.15, 0.2) is 0 Å². The number of hydrogen-bond donors (Lipinski definition) is 2. The number of fused-ring (bicyclic) bond motifs is 1. The third-order valence-corrected chi connectivity index (χ3v) is 3.44. The number of aryl methyl sites for hydroxylation is 1. The summed E-state index contributed by atoms with van der Waals surface area (Å²) in [7, 11) is 0. The van der Waals surface area contributed by atoms with Gasteiger partial charge in [-0.3, -0.25) is 0 Å². The number of aromatic nitrogens is 2. The molecule has 0 unspecified atom stereocenters. The van der Waals surface area contributed by atoms with Gasteiger partial charge in [0.2, 0.25) is 0 Å². The molecule has 3 nitrogen and oxygen atoms in total. The minimum Gasteiger partial charge on any atom is -0.342 e. The van der Waals surface area contributed by atoms with Gasteiger partial charge in [-0.15, -0.1) is 0 Å². The van der Waals surface area contributed by atoms with Crippen molar-refractivity contribution in [3.05, 3.63) is 29.6 Å². The van der Waals surface area contributed by atoms with Gasteiger partial charge in [-0.1, -0.05) is 12.1 Å². The number of piperidine rings is 1. The molecule has 84 valence electrons. The van der Waals surface area contributed by atoms with E-state index in [1.165, 1.54) is 29.4 Å². The number of nitrogens with zero attached hydrogens (tertiary/aromatic N) is 1. The predicted octanol–water partition coefficient (Wildman–Crippen LogP) is 2.34. The van der Waals surface area contributed by atoms with Gasteiger partial charge in [-0.05, 0) is 50.4 Å². The van der Waals surface area contributed by atoms with Gasteiger partial charge in [0.25, 0.3) is 0 Å². The quantitative estimate of drug-likeness (QED) is 0.766. The summed E-state index contributed by atoms with van der Waals surface area (Å²) < 4.78 is 0. The number of benzene rings is 1. The Hall–Kier alpha value is -1.35. The van der Waals surface area contributed by atoms with Crippen LogP contribution in [-0.4, -0.2) is 23.1 Å². The zero-order valence-corrected chi connectivity index (χ0v) is 9.59. The van der Waals surface area contributed by atoms with Crippen molar-refractivity contribution >= 4 is 11.0 Å². The van der Waals surface area contributed by atoms with Crippen LogP contribution in [0.25, 0.3) is 11.0 Å². The lowest BCUT2D eigenvalue weighted by molar-refractivity contribution is 0.462. The molecule has 2 heterocycles. The molecule has 1 fully saturated rings. The largest absolute Gasteiger partial charge is 0.342 e. The van der Waals surface area contributed by atoms with E-state index in [1.807, 2.05) is 6.92 Å². The van der Waals surface area contributed by atoms with E-state index in [0.717, 1.165) is 18.9 Å². The van der Waals surface area contributed by atoms with Crippen molar-refractivity contribution in [2.45, 2.75) is 25.7 Å². The Morgan fingerprint density at radius 2 is 2.06 bits per heavy atom. The van der Waals surface area contributed by atoms with E-state index in [9.17, 15) is 0 Å². The van der Waals surface area contributed by atoms with E-state index in [1.54, 1.807) is 0 Å². The first kappa shape index (κ1) is 9.85. The second-order valence-electron chi connectivity index (χ2n) is 4.59. The molecule has 3 rings (SSSR count). The fourth-order valence-corrected chi connectivity index (χ4v) is 2.64. The summed E-state index contributed by atoms with van der Waals surface area (Å²) in [5.74, 6) is 1.68. The van der Waals surface area contributed by atoms with Gasteiger partial charge in [0, 0.05) is 0 Å². The maximum absolute atomic E-state index is 4.61. The first-order chi connectivity index (χ1) is 7.84. The summed E-state index contributed by atoms with van der Waals surface area (Å²) in [4.78, 5) is 7.92. The molecular formula is C13H17N3. The second-order valence-corrected chi connectivity index (χ2v) is 4.59. The van der Waals surface area contributed by atoms with Crippen LogP contribution in [-0.2, 0) is 0 Å². The highest BCUT2D eigenvalue weighted by Gasteiger charge is 2.18. The van der Waals surface area contributed by atoms with Gasteiger partial charge in [-0.25, -0.2) is 4.98 Å². The van der Waals surface area contributed by atoms with E-state index in [4.69, 9.17) is 0 Å². The fourth-order valence-electron chi connectivity index (χ4n) is 2.64. The normalized spacial score (nSPS) is 18.1. The van der Waals surface area contributed by atoms with Crippen LogP contribution in [0.3, 0.4) is 0 Å². The van der Waals surface area contributed by atoms with Crippen LogP contribution in [0.15, 0.2) is 18.2 Å². The fraction of sp³-hybridized carbons (Fsp3) is 0.462. The summed E-state index contributed by atoms with van der Waals surface area (Å²) >= 11 is 0. The highest BCUT2D eigenvalue weighted by molar-refractivity contribution is 5.79. The number of para-hydroxylation sites is 1. The average Bonchev–Trinajstić information content (AvgIpc) is 2.70. The third kappa shape index (κ3) is 1.61. The van der Waals surface area contributed by atoms with E-state index < -0.39 is 0 Å². The van der Waals surface area contributed by atoms with Gasteiger partial charge in [0.05, 0.1) is 11.0 Å². The molecule has 3 heteroatoms. The third-order valence-electron chi connectivity index (χ3n) is 3.44. The van der Waals surface area contributed by atoms with Crippen LogP contribution in [0.4, 0.5) is 0 Å². The highest BCUT2D eigenvalue weighted by atomic mass is 14.9. The Bertz CT molecular complexity index is 495. The maximum atomic E-state index is 4.61. The molecule has 1 aromatic heterocycles.